The van der Waals surface area contributed by atoms with Crippen molar-refractivity contribution < 1.29 is 9.90 Å². The Kier molecular flexibility index (Phi) is 3.85. The Balaban J connectivity index is 1.94. The predicted octanol–water partition coefficient (Wildman–Crippen LogP) is 2.41. The third-order valence-electron chi connectivity index (χ3n) is 4.41. The highest BCUT2D eigenvalue weighted by atomic mass is 16.4. The topological polar surface area (TPSA) is 49.3 Å². The molecule has 0 aromatic carbocycles. The molecule has 0 aliphatic heterocycles. The van der Waals surface area contributed by atoms with E-state index in [1.165, 1.54) is 44.9 Å². The predicted molar refractivity (Wildman–Crippen MR) is 63.3 cm³/mol. The molecule has 0 heterocycles. The van der Waals surface area contributed by atoms with E-state index in [4.69, 9.17) is 5.11 Å². The molecule has 0 amide bonds. The molecule has 4 atom stereocenters. The molecule has 0 spiro atoms. The smallest absolute Gasteiger partial charge is 0.320 e. The van der Waals surface area contributed by atoms with E-state index in [-0.39, 0.29) is 0 Å². The van der Waals surface area contributed by atoms with Gasteiger partial charge in [-0.1, -0.05) is 32.1 Å². The zero-order valence-corrected chi connectivity index (χ0v) is 10.1. The first-order valence-electron chi connectivity index (χ1n) is 6.67. The van der Waals surface area contributed by atoms with Crippen LogP contribution in [0.1, 0.15) is 51.9 Å². The summed E-state index contributed by atoms with van der Waals surface area (Å²) in [5, 5.41) is 12.3. The Labute approximate surface area is 97.6 Å². The van der Waals surface area contributed by atoms with Crippen LogP contribution < -0.4 is 5.32 Å². The van der Waals surface area contributed by atoms with Crippen LogP contribution in [0.5, 0.6) is 0 Å². The lowest BCUT2D eigenvalue weighted by molar-refractivity contribution is -0.139. The molecule has 2 aliphatic rings. The van der Waals surface area contributed by atoms with E-state index in [9.17, 15) is 4.79 Å². The van der Waals surface area contributed by atoms with Gasteiger partial charge in [-0.2, -0.15) is 0 Å². The lowest BCUT2D eigenvalue weighted by atomic mass is 9.68. The van der Waals surface area contributed by atoms with Crippen molar-refractivity contribution in [1.29, 1.82) is 0 Å². The van der Waals surface area contributed by atoms with E-state index in [1.807, 2.05) is 0 Å². The number of hydrogen-bond acceptors (Lipinski definition) is 2. The minimum Gasteiger partial charge on any atom is -0.480 e. The number of carbonyl (C=O) groups is 1. The summed E-state index contributed by atoms with van der Waals surface area (Å²) in [5.74, 6) is 0.878. The van der Waals surface area contributed by atoms with Crippen molar-refractivity contribution in [1.82, 2.24) is 5.32 Å². The van der Waals surface area contributed by atoms with Gasteiger partial charge < -0.3 is 10.4 Å². The van der Waals surface area contributed by atoms with Crippen LogP contribution in [-0.2, 0) is 4.79 Å². The molecule has 2 aliphatic carbocycles. The Bertz CT molecular complexity index is 252. The standard InChI is InChI=1S/C13H23NO2/c1-9(13(15)16)14-12-8-4-6-10-5-2-3-7-11(10)12/h9-12,14H,2-8H2,1H3,(H,15,16)/t9-,10?,11?,12?/m0/s1. The van der Waals surface area contributed by atoms with E-state index >= 15 is 0 Å². The maximum Gasteiger partial charge on any atom is 0.320 e. The molecule has 92 valence electrons. The fraction of sp³-hybridized carbons (Fsp3) is 0.923. The zero-order valence-electron chi connectivity index (χ0n) is 10.1. The van der Waals surface area contributed by atoms with Gasteiger partial charge in [-0.05, 0) is 31.6 Å². The first-order chi connectivity index (χ1) is 7.68. The summed E-state index contributed by atoms with van der Waals surface area (Å²) in [6.45, 7) is 1.76. The maximum absolute atomic E-state index is 10.9. The molecule has 0 aromatic heterocycles. The largest absolute Gasteiger partial charge is 0.480 e. The lowest BCUT2D eigenvalue weighted by Crippen LogP contribution is -2.49. The number of nitrogens with one attached hydrogen (secondary N) is 1. The molecule has 0 aromatic rings. The minimum atomic E-state index is -0.724. The normalized spacial score (nSPS) is 36.4. The van der Waals surface area contributed by atoms with Gasteiger partial charge >= 0.3 is 5.97 Å². The second kappa shape index (κ2) is 5.17. The number of hydrogen-bond donors (Lipinski definition) is 2. The van der Waals surface area contributed by atoms with E-state index in [0.29, 0.717) is 6.04 Å². The Morgan fingerprint density at radius 3 is 2.62 bits per heavy atom. The van der Waals surface area contributed by atoms with Gasteiger partial charge in [0, 0.05) is 6.04 Å². The number of carboxylic acids is 1. The highest BCUT2D eigenvalue weighted by Gasteiger charge is 2.35. The Morgan fingerprint density at radius 1 is 1.19 bits per heavy atom. The molecule has 2 fully saturated rings. The molecular formula is C13H23NO2. The Hall–Kier alpha value is -0.570. The molecule has 2 saturated carbocycles. The van der Waals surface area contributed by atoms with Crippen LogP contribution in [0.2, 0.25) is 0 Å². The van der Waals surface area contributed by atoms with Gasteiger partial charge in [-0.3, -0.25) is 4.79 Å². The van der Waals surface area contributed by atoms with Crippen LogP contribution in [0.15, 0.2) is 0 Å². The van der Waals surface area contributed by atoms with Crippen LogP contribution in [-0.4, -0.2) is 23.2 Å². The average Bonchev–Trinajstić information content (AvgIpc) is 2.29. The van der Waals surface area contributed by atoms with Gasteiger partial charge in [0.15, 0.2) is 0 Å². The summed E-state index contributed by atoms with van der Waals surface area (Å²) in [4.78, 5) is 10.9. The lowest BCUT2D eigenvalue weighted by Gasteiger charge is -2.42. The van der Waals surface area contributed by atoms with Crippen LogP contribution >= 0.6 is 0 Å². The fourth-order valence-electron chi connectivity index (χ4n) is 3.54. The van der Waals surface area contributed by atoms with Crippen molar-refractivity contribution in [2.24, 2.45) is 11.8 Å². The summed E-state index contributed by atoms with van der Waals surface area (Å²) >= 11 is 0. The molecule has 0 saturated heterocycles. The van der Waals surface area contributed by atoms with Crippen molar-refractivity contribution in [3.05, 3.63) is 0 Å². The van der Waals surface area contributed by atoms with Gasteiger partial charge in [0.05, 0.1) is 0 Å². The summed E-state index contributed by atoms with van der Waals surface area (Å²) in [5.41, 5.74) is 0. The monoisotopic (exact) mass is 225 g/mol. The number of carboxylic acid groups (broad SMARTS) is 1. The summed E-state index contributed by atoms with van der Waals surface area (Å²) in [6.07, 6.45) is 9.18. The SMILES string of the molecule is C[C@H](NC1CCCC2CCCCC21)C(=O)O. The van der Waals surface area contributed by atoms with Crippen LogP contribution in [0, 0.1) is 11.8 Å². The molecule has 0 radical (unpaired) electrons. The van der Waals surface area contributed by atoms with Gasteiger partial charge in [0.25, 0.3) is 0 Å². The molecule has 3 heteroatoms. The molecule has 16 heavy (non-hydrogen) atoms. The Morgan fingerprint density at radius 2 is 1.88 bits per heavy atom. The van der Waals surface area contributed by atoms with Gasteiger partial charge in [0.1, 0.15) is 6.04 Å². The second-order valence-corrected chi connectivity index (χ2v) is 5.47. The van der Waals surface area contributed by atoms with Gasteiger partial charge in [0.2, 0.25) is 0 Å². The quantitative estimate of drug-likeness (QED) is 0.775. The van der Waals surface area contributed by atoms with Crippen molar-refractivity contribution in [2.75, 3.05) is 0 Å². The van der Waals surface area contributed by atoms with Crippen molar-refractivity contribution in [3.63, 3.8) is 0 Å². The van der Waals surface area contributed by atoms with Crippen molar-refractivity contribution in [2.45, 2.75) is 64.0 Å². The minimum absolute atomic E-state index is 0.398. The van der Waals surface area contributed by atoms with Crippen molar-refractivity contribution in [3.8, 4) is 0 Å². The number of fused-ring (bicyclic) bond motifs is 1. The molecule has 3 unspecified atom stereocenters. The second-order valence-electron chi connectivity index (χ2n) is 5.47. The first-order valence-corrected chi connectivity index (χ1v) is 6.67. The highest BCUT2D eigenvalue weighted by molar-refractivity contribution is 5.72. The van der Waals surface area contributed by atoms with Gasteiger partial charge in [-0.15, -0.1) is 0 Å². The molecule has 2 N–H and O–H groups in total. The average molecular weight is 225 g/mol. The van der Waals surface area contributed by atoms with Crippen LogP contribution in [0.3, 0.4) is 0 Å². The summed E-state index contributed by atoms with van der Waals surface area (Å²) in [6, 6.07) is 0.0517. The fourth-order valence-corrected chi connectivity index (χ4v) is 3.54. The first kappa shape index (κ1) is 11.9. The van der Waals surface area contributed by atoms with Crippen molar-refractivity contribution >= 4 is 5.97 Å². The molecular weight excluding hydrogens is 202 g/mol. The third kappa shape index (κ3) is 2.57. The van der Waals surface area contributed by atoms with E-state index in [1.54, 1.807) is 6.92 Å². The van der Waals surface area contributed by atoms with E-state index < -0.39 is 12.0 Å². The van der Waals surface area contributed by atoms with Crippen LogP contribution in [0.25, 0.3) is 0 Å². The number of rotatable bonds is 3. The summed E-state index contributed by atoms with van der Waals surface area (Å²) in [7, 11) is 0. The molecule has 2 rings (SSSR count). The third-order valence-corrected chi connectivity index (χ3v) is 4.41. The van der Waals surface area contributed by atoms with Gasteiger partial charge in [-0.25, -0.2) is 0 Å². The summed E-state index contributed by atoms with van der Waals surface area (Å²) < 4.78 is 0. The number of aliphatic carboxylic acids is 1. The maximum atomic E-state index is 10.9. The van der Waals surface area contributed by atoms with E-state index in [2.05, 4.69) is 5.32 Å². The highest BCUT2D eigenvalue weighted by Crippen LogP contribution is 2.40. The van der Waals surface area contributed by atoms with E-state index in [0.717, 1.165) is 11.8 Å². The molecule has 0 bridgehead atoms. The van der Waals surface area contributed by atoms with Crippen LogP contribution in [0.4, 0.5) is 0 Å². The zero-order chi connectivity index (χ0) is 11.5. The molecule has 3 nitrogen and oxygen atoms in total.